The van der Waals surface area contributed by atoms with Crippen LogP contribution < -0.4 is 5.32 Å². The van der Waals surface area contributed by atoms with Gasteiger partial charge in [0.15, 0.2) is 0 Å². The summed E-state index contributed by atoms with van der Waals surface area (Å²) in [5, 5.41) is 12.2. The maximum atomic E-state index is 11.2. The van der Waals surface area contributed by atoms with Crippen LogP contribution >= 0.6 is 0 Å². The molecule has 5 nitrogen and oxygen atoms in total. The Bertz CT molecular complexity index is 258. The molecule has 1 atom stereocenters. The summed E-state index contributed by atoms with van der Waals surface area (Å²) in [6, 6.07) is 0. The van der Waals surface area contributed by atoms with Crippen LogP contribution in [0.4, 0.5) is 0 Å². The second-order valence-corrected chi connectivity index (χ2v) is 5.71. The maximum absolute atomic E-state index is 11.2. The van der Waals surface area contributed by atoms with Gasteiger partial charge in [-0.2, -0.15) is 0 Å². The number of carboxylic acids is 1. The molecule has 0 radical (unpaired) electrons. The van der Waals surface area contributed by atoms with E-state index in [1.807, 2.05) is 6.92 Å². The lowest BCUT2D eigenvalue weighted by molar-refractivity contribution is -0.144. The molecule has 2 N–H and O–H groups in total. The lowest BCUT2D eigenvalue weighted by Gasteiger charge is -2.25. The summed E-state index contributed by atoms with van der Waals surface area (Å²) in [5.74, 6) is -0.239. The Kier molecular flexibility index (Phi) is 10.7. The van der Waals surface area contributed by atoms with Crippen molar-refractivity contribution in [3.05, 3.63) is 0 Å². The SMILES string of the molecule is CCNC(C)(CCCCOCCOCC(C)C)C(=O)O. The third kappa shape index (κ3) is 9.28. The summed E-state index contributed by atoms with van der Waals surface area (Å²) in [5.41, 5.74) is -0.824. The Morgan fingerprint density at radius 2 is 1.85 bits per heavy atom. The Morgan fingerprint density at radius 3 is 2.40 bits per heavy atom. The lowest BCUT2D eigenvalue weighted by Crippen LogP contribution is -2.49. The van der Waals surface area contributed by atoms with Crippen LogP contribution in [0.25, 0.3) is 0 Å². The number of hydrogen-bond acceptors (Lipinski definition) is 4. The molecular formula is C15H31NO4. The van der Waals surface area contributed by atoms with Crippen LogP contribution in [0.15, 0.2) is 0 Å². The second-order valence-electron chi connectivity index (χ2n) is 5.71. The van der Waals surface area contributed by atoms with Crippen molar-refractivity contribution < 1.29 is 19.4 Å². The summed E-state index contributed by atoms with van der Waals surface area (Å²) >= 11 is 0. The fraction of sp³-hybridized carbons (Fsp3) is 0.933. The van der Waals surface area contributed by atoms with Gasteiger partial charge in [0.25, 0.3) is 0 Å². The molecule has 0 aliphatic rings. The quantitative estimate of drug-likeness (QED) is 0.509. The smallest absolute Gasteiger partial charge is 0.323 e. The highest BCUT2D eigenvalue weighted by atomic mass is 16.5. The standard InChI is InChI=1S/C15H31NO4/c1-5-16-15(4,14(17)18)8-6-7-9-19-10-11-20-12-13(2)3/h13,16H,5-12H2,1-4H3,(H,17,18). The molecule has 0 saturated carbocycles. The highest BCUT2D eigenvalue weighted by Crippen LogP contribution is 2.14. The number of rotatable bonds is 13. The van der Waals surface area contributed by atoms with Crippen molar-refractivity contribution in [2.45, 2.75) is 52.5 Å². The van der Waals surface area contributed by atoms with Crippen molar-refractivity contribution in [1.82, 2.24) is 5.32 Å². The number of hydrogen-bond donors (Lipinski definition) is 2. The van der Waals surface area contributed by atoms with Gasteiger partial charge in [0.05, 0.1) is 13.2 Å². The van der Waals surface area contributed by atoms with Gasteiger partial charge in [-0.05, 0) is 38.6 Å². The van der Waals surface area contributed by atoms with Gasteiger partial charge in [-0.15, -0.1) is 0 Å². The second kappa shape index (κ2) is 11.1. The van der Waals surface area contributed by atoms with Crippen molar-refractivity contribution in [3.63, 3.8) is 0 Å². The first-order valence-electron chi connectivity index (χ1n) is 7.56. The van der Waals surface area contributed by atoms with Gasteiger partial charge in [0, 0.05) is 13.2 Å². The topological polar surface area (TPSA) is 67.8 Å². The van der Waals surface area contributed by atoms with Crippen LogP contribution in [0.3, 0.4) is 0 Å². The summed E-state index contributed by atoms with van der Waals surface area (Å²) < 4.78 is 10.9. The number of ether oxygens (including phenoxy) is 2. The zero-order valence-electron chi connectivity index (χ0n) is 13.4. The Balaban J connectivity index is 3.53. The normalized spacial score (nSPS) is 14.4. The molecule has 0 aliphatic heterocycles. The van der Waals surface area contributed by atoms with Crippen molar-refractivity contribution in [1.29, 1.82) is 0 Å². The average molecular weight is 289 g/mol. The van der Waals surface area contributed by atoms with Crippen molar-refractivity contribution in [2.24, 2.45) is 5.92 Å². The molecule has 0 fully saturated rings. The number of carboxylic acid groups (broad SMARTS) is 1. The van der Waals surface area contributed by atoms with Crippen molar-refractivity contribution in [2.75, 3.05) is 33.0 Å². The van der Waals surface area contributed by atoms with Crippen molar-refractivity contribution in [3.8, 4) is 0 Å². The van der Waals surface area contributed by atoms with Crippen LogP contribution in [0, 0.1) is 5.92 Å². The van der Waals surface area contributed by atoms with E-state index in [4.69, 9.17) is 9.47 Å². The van der Waals surface area contributed by atoms with E-state index in [1.165, 1.54) is 0 Å². The minimum Gasteiger partial charge on any atom is -0.480 e. The van der Waals surface area contributed by atoms with Gasteiger partial charge in [0.1, 0.15) is 5.54 Å². The van der Waals surface area contributed by atoms with E-state index >= 15 is 0 Å². The highest BCUT2D eigenvalue weighted by Gasteiger charge is 2.30. The molecule has 0 aliphatic carbocycles. The van der Waals surface area contributed by atoms with E-state index in [0.29, 0.717) is 38.7 Å². The molecule has 0 spiro atoms. The number of unbranched alkanes of at least 4 members (excludes halogenated alkanes) is 1. The van der Waals surface area contributed by atoms with Crippen molar-refractivity contribution >= 4 is 5.97 Å². The Hall–Kier alpha value is -0.650. The molecule has 0 aromatic carbocycles. The fourth-order valence-corrected chi connectivity index (χ4v) is 1.88. The van der Waals surface area contributed by atoms with Crippen LogP contribution in [-0.2, 0) is 14.3 Å². The van der Waals surface area contributed by atoms with Crippen LogP contribution in [0.2, 0.25) is 0 Å². The molecule has 0 bridgehead atoms. The average Bonchev–Trinajstić information content (AvgIpc) is 2.36. The van der Waals surface area contributed by atoms with Crippen LogP contribution in [0.1, 0.15) is 47.0 Å². The first kappa shape index (κ1) is 19.4. The van der Waals surface area contributed by atoms with Crippen LogP contribution in [0.5, 0.6) is 0 Å². The molecule has 1 unspecified atom stereocenters. The molecule has 0 amide bonds. The van der Waals surface area contributed by atoms with Gasteiger partial charge >= 0.3 is 5.97 Å². The van der Waals surface area contributed by atoms with Gasteiger partial charge in [-0.3, -0.25) is 4.79 Å². The highest BCUT2D eigenvalue weighted by molar-refractivity contribution is 5.78. The van der Waals surface area contributed by atoms with Gasteiger partial charge < -0.3 is 19.9 Å². The first-order valence-corrected chi connectivity index (χ1v) is 7.56. The first-order chi connectivity index (χ1) is 9.42. The molecule has 0 saturated heterocycles. The maximum Gasteiger partial charge on any atom is 0.323 e. The van der Waals surface area contributed by atoms with Gasteiger partial charge in [-0.25, -0.2) is 0 Å². The fourth-order valence-electron chi connectivity index (χ4n) is 1.88. The van der Waals surface area contributed by atoms with Gasteiger partial charge in [-0.1, -0.05) is 20.8 Å². The monoisotopic (exact) mass is 289 g/mol. The zero-order valence-corrected chi connectivity index (χ0v) is 13.4. The Labute approximate surface area is 123 Å². The summed E-state index contributed by atoms with van der Waals surface area (Å²) in [4.78, 5) is 11.2. The summed E-state index contributed by atoms with van der Waals surface area (Å²) in [6.07, 6.45) is 2.32. The molecule has 5 heteroatoms. The molecule has 0 rings (SSSR count). The minimum absolute atomic E-state index is 0.551. The number of aliphatic carboxylic acids is 1. The van der Waals surface area contributed by atoms with E-state index in [0.717, 1.165) is 19.4 Å². The molecule has 0 aromatic rings. The van der Waals surface area contributed by atoms with E-state index < -0.39 is 11.5 Å². The van der Waals surface area contributed by atoms with Gasteiger partial charge in [0.2, 0.25) is 0 Å². The van der Waals surface area contributed by atoms with E-state index in [2.05, 4.69) is 19.2 Å². The lowest BCUT2D eigenvalue weighted by atomic mass is 9.95. The molecule has 0 heterocycles. The Morgan fingerprint density at radius 1 is 1.20 bits per heavy atom. The number of carbonyl (C=O) groups is 1. The zero-order chi connectivity index (χ0) is 15.4. The predicted molar refractivity (Wildman–Crippen MR) is 80.0 cm³/mol. The number of likely N-dealkylation sites (N-methyl/N-ethyl adjacent to an activating group) is 1. The van der Waals surface area contributed by atoms with Crippen LogP contribution in [-0.4, -0.2) is 49.6 Å². The van der Waals surface area contributed by atoms with E-state index in [9.17, 15) is 9.90 Å². The molecule has 20 heavy (non-hydrogen) atoms. The third-order valence-corrected chi connectivity index (χ3v) is 3.08. The predicted octanol–water partition coefficient (Wildman–Crippen LogP) is 2.30. The molecule has 120 valence electrons. The van der Waals surface area contributed by atoms with E-state index in [1.54, 1.807) is 6.92 Å². The molecule has 0 aromatic heterocycles. The number of nitrogens with one attached hydrogen (secondary N) is 1. The summed E-state index contributed by atoms with van der Waals surface area (Å²) in [6.45, 7) is 11.2. The molecular weight excluding hydrogens is 258 g/mol. The third-order valence-electron chi connectivity index (χ3n) is 3.08. The summed E-state index contributed by atoms with van der Waals surface area (Å²) in [7, 11) is 0. The van der Waals surface area contributed by atoms with E-state index in [-0.39, 0.29) is 0 Å². The minimum atomic E-state index is -0.824. The largest absolute Gasteiger partial charge is 0.480 e.